The van der Waals surface area contributed by atoms with Crippen LogP contribution in [0, 0.1) is 0 Å². The number of nitrogens with zero attached hydrogens (tertiary/aromatic N) is 1. The third-order valence-electron chi connectivity index (χ3n) is 10.7. The number of allylic oxidation sites excluding steroid dienone is 20. The van der Waals surface area contributed by atoms with Gasteiger partial charge in [0.2, 0.25) is 0 Å². The quantitative estimate of drug-likeness (QED) is 0.0211. The zero-order chi connectivity index (χ0) is 50.6. The Bertz CT molecular complexity index is 1540. The molecular formula is C60H98NO8+. The number of unbranched alkanes of at least 4 members (excludes halogenated alkanes) is 12. The van der Waals surface area contributed by atoms with Gasteiger partial charge in [0, 0.05) is 12.8 Å². The van der Waals surface area contributed by atoms with E-state index in [4.69, 9.17) is 18.9 Å². The van der Waals surface area contributed by atoms with Gasteiger partial charge < -0.3 is 28.5 Å². The second kappa shape index (κ2) is 50.1. The van der Waals surface area contributed by atoms with Crippen LogP contribution in [0.4, 0.5) is 0 Å². The minimum Gasteiger partial charge on any atom is -0.477 e. The summed E-state index contributed by atoms with van der Waals surface area (Å²) in [5.41, 5.74) is 0. The van der Waals surface area contributed by atoms with E-state index in [1.54, 1.807) is 0 Å². The second-order valence-corrected chi connectivity index (χ2v) is 18.4. The van der Waals surface area contributed by atoms with Crippen LogP contribution in [0.5, 0.6) is 0 Å². The van der Waals surface area contributed by atoms with Crippen molar-refractivity contribution < 1.29 is 42.9 Å². The number of aliphatic carboxylic acids is 1. The predicted octanol–water partition coefficient (Wildman–Crippen LogP) is 15.3. The molecule has 0 aromatic heterocycles. The van der Waals surface area contributed by atoms with Crippen LogP contribution in [0.1, 0.15) is 181 Å². The highest BCUT2D eigenvalue weighted by atomic mass is 16.7. The van der Waals surface area contributed by atoms with E-state index >= 15 is 0 Å². The fraction of sp³-hybridized carbons (Fsp3) is 0.617. The zero-order valence-electron chi connectivity index (χ0n) is 44.2. The highest BCUT2D eigenvalue weighted by Crippen LogP contribution is 2.13. The van der Waals surface area contributed by atoms with Crippen molar-refractivity contribution in [2.45, 2.75) is 193 Å². The average Bonchev–Trinajstić information content (AvgIpc) is 3.31. The van der Waals surface area contributed by atoms with Crippen molar-refractivity contribution in [3.8, 4) is 0 Å². The molecule has 390 valence electrons. The maximum absolute atomic E-state index is 12.9. The lowest BCUT2D eigenvalue weighted by Gasteiger charge is -2.25. The largest absolute Gasteiger partial charge is 0.477 e. The molecule has 0 amide bonds. The Kier molecular flexibility index (Phi) is 47.0. The number of likely N-dealkylation sites (N-methyl/N-ethyl adjacent to an activating group) is 1. The Hall–Kier alpha value is -4.31. The number of esters is 2. The van der Waals surface area contributed by atoms with Crippen molar-refractivity contribution in [3.05, 3.63) is 122 Å². The highest BCUT2D eigenvalue weighted by Gasteiger charge is 2.25. The van der Waals surface area contributed by atoms with Gasteiger partial charge in [0.05, 0.1) is 34.4 Å². The van der Waals surface area contributed by atoms with E-state index in [-0.39, 0.29) is 38.6 Å². The average molecular weight is 961 g/mol. The Morgan fingerprint density at radius 2 is 0.783 bits per heavy atom. The summed E-state index contributed by atoms with van der Waals surface area (Å²) in [6, 6.07) is 0. The Labute approximate surface area is 421 Å². The summed E-state index contributed by atoms with van der Waals surface area (Å²) in [5, 5.41) is 9.68. The molecule has 0 spiro atoms. The molecule has 0 saturated heterocycles. The van der Waals surface area contributed by atoms with Gasteiger partial charge in [-0.15, -0.1) is 0 Å². The fourth-order valence-corrected chi connectivity index (χ4v) is 6.65. The van der Waals surface area contributed by atoms with Crippen LogP contribution in [0.2, 0.25) is 0 Å². The van der Waals surface area contributed by atoms with Gasteiger partial charge >= 0.3 is 17.9 Å². The molecule has 0 aromatic rings. The molecule has 0 aromatic carbocycles. The maximum atomic E-state index is 12.9. The summed E-state index contributed by atoms with van der Waals surface area (Å²) in [5.74, 6) is -2.07. The molecule has 2 unspecified atom stereocenters. The Morgan fingerprint density at radius 1 is 0.435 bits per heavy atom. The molecule has 0 heterocycles. The van der Waals surface area contributed by atoms with Crippen LogP contribution in [0.15, 0.2) is 122 Å². The SMILES string of the molecule is CC/C=C\C/C=C\C/C=C\C/C=C\C/C=C\C/C=C\CCCCCCCCCCC(=O)OC(COC(=O)CCCCCC/C=C\C/C=C\C/C=C\C/C=C\CC)COC(OCC[N+](C)(C)C)C(=O)O. The van der Waals surface area contributed by atoms with Crippen LogP contribution in [0.3, 0.4) is 0 Å². The lowest BCUT2D eigenvalue weighted by atomic mass is 10.1. The number of ether oxygens (including phenoxy) is 4. The molecule has 0 fully saturated rings. The monoisotopic (exact) mass is 961 g/mol. The molecule has 0 aliphatic rings. The van der Waals surface area contributed by atoms with E-state index < -0.39 is 24.3 Å². The van der Waals surface area contributed by atoms with Crippen LogP contribution in [-0.2, 0) is 33.3 Å². The molecule has 0 rings (SSSR count). The van der Waals surface area contributed by atoms with E-state index in [1.807, 2.05) is 21.1 Å². The van der Waals surface area contributed by atoms with Crippen molar-refractivity contribution in [2.75, 3.05) is 47.5 Å². The number of carboxylic acid groups (broad SMARTS) is 1. The first kappa shape index (κ1) is 64.7. The summed E-state index contributed by atoms with van der Waals surface area (Å²) in [6.07, 6.45) is 66.9. The lowest BCUT2D eigenvalue weighted by molar-refractivity contribution is -0.870. The lowest BCUT2D eigenvalue weighted by Crippen LogP contribution is -2.40. The standard InChI is InChI=1S/C60H97NO8/c1-6-8-10-12-14-16-18-20-22-24-25-26-27-28-29-30-31-32-33-35-37-39-41-43-45-47-49-51-58(63)69-56(55-68-60(59(64)65)66-53-52-61(3,4)5)54-67-57(62)50-48-46-44-42-40-38-36-34-23-21-19-17-15-13-11-9-7-2/h8-11,14-17,20-23,25-26,28-29,31-32,36,38,56,60H,6-7,12-13,18-19,24,27,30,33-35,37,39-55H2,1-5H3/p+1/b10-8-,11-9-,16-14-,17-15-,22-20-,23-21-,26-25-,29-28-,32-31-,38-36-. The molecule has 0 bridgehead atoms. The van der Waals surface area contributed by atoms with Gasteiger partial charge in [-0.25, -0.2) is 4.79 Å². The van der Waals surface area contributed by atoms with Crippen molar-refractivity contribution in [2.24, 2.45) is 0 Å². The second-order valence-electron chi connectivity index (χ2n) is 18.4. The van der Waals surface area contributed by atoms with Gasteiger partial charge in [0.1, 0.15) is 13.2 Å². The van der Waals surface area contributed by atoms with E-state index in [0.717, 1.165) is 116 Å². The van der Waals surface area contributed by atoms with Crippen molar-refractivity contribution in [1.29, 1.82) is 0 Å². The molecular weight excluding hydrogens is 863 g/mol. The van der Waals surface area contributed by atoms with Crippen molar-refractivity contribution in [3.63, 3.8) is 0 Å². The summed E-state index contributed by atoms with van der Waals surface area (Å²) < 4.78 is 22.8. The fourth-order valence-electron chi connectivity index (χ4n) is 6.65. The van der Waals surface area contributed by atoms with Gasteiger partial charge in [-0.1, -0.05) is 187 Å². The molecule has 0 saturated carbocycles. The molecule has 0 aliphatic carbocycles. The number of quaternary nitrogens is 1. The third kappa shape index (κ3) is 51.4. The number of carboxylic acids is 1. The molecule has 2 atom stereocenters. The molecule has 0 radical (unpaired) electrons. The van der Waals surface area contributed by atoms with Gasteiger partial charge in [-0.05, 0) is 103 Å². The maximum Gasteiger partial charge on any atom is 0.361 e. The first-order valence-electron chi connectivity index (χ1n) is 26.7. The van der Waals surface area contributed by atoms with Gasteiger partial charge in [0.15, 0.2) is 6.10 Å². The van der Waals surface area contributed by atoms with E-state index in [1.165, 1.54) is 25.7 Å². The van der Waals surface area contributed by atoms with E-state index in [0.29, 0.717) is 23.9 Å². The molecule has 0 aliphatic heterocycles. The number of carbonyl (C=O) groups is 3. The smallest absolute Gasteiger partial charge is 0.361 e. The summed E-state index contributed by atoms with van der Waals surface area (Å²) in [4.78, 5) is 37.3. The number of hydrogen-bond acceptors (Lipinski definition) is 7. The highest BCUT2D eigenvalue weighted by molar-refractivity contribution is 5.71. The third-order valence-corrected chi connectivity index (χ3v) is 10.7. The Morgan fingerprint density at radius 3 is 1.16 bits per heavy atom. The van der Waals surface area contributed by atoms with Crippen molar-refractivity contribution in [1.82, 2.24) is 0 Å². The summed E-state index contributed by atoms with van der Waals surface area (Å²) >= 11 is 0. The van der Waals surface area contributed by atoms with Crippen LogP contribution in [-0.4, -0.2) is 87.4 Å². The van der Waals surface area contributed by atoms with Crippen molar-refractivity contribution >= 4 is 17.9 Å². The van der Waals surface area contributed by atoms with Gasteiger partial charge in [-0.3, -0.25) is 9.59 Å². The first-order chi connectivity index (χ1) is 33.6. The predicted molar refractivity (Wildman–Crippen MR) is 290 cm³/mol. The van der Waals surface area contributed by atoms with E-state index in [9.17, 15) is 19.5 Å². The number of rotatable bonds is 47. The topological polar surface area (TPSA) is 108 Å². The summed E-state index contributed by atoms with van der Waals surface area (Å²) in [6.45, 7) is 4.58. The molecule has 9 heteroatoms. The van der Waals surface area contributed by atoms with Gasteiger partial charge in [-0.2, -0.15) is 0 Å². The van der Waals surface area contributed by atoms with Gasteiger partial charge in [0.25, 0.3) is 6.29 Å². The van der Waals surface area contributed by atoms with Crippen LogP contribution >= 0.6 is 0 Å². The normalized spacial score (nSPS) is 13.8. The number of hydrogen-bond donors (Lipinski definition) is 1. The number of carbonyl (C=O) groups excluding carboxylic acids is 2. The minimum atomic E-state index is -1.53. The molecule has 9 nitrogen and oxygen atoms in total. The summed E-state index contributed by atoms with van der Waals surface area (Å²) in [7, 11) is 5.94. The molecule has 69 heavy (non-hydrogen) atoms. The van der Waals surface area contributed by atoms with Crippen LogP contribution < -0.4 is 0 Å². The van der Waals surface area contributed by atoms with Crippen LogP contribution in [0.25, 0.3) is 0 Å². The minimum absolute atomic E-state index is 0.174. The molecule has 1 N–H and O–H groups in total. The van der Waals surface area contributed by atoms with E-state index in [2.05, 4.69) is 135 Å². The Balaban J connectivity index is 4.37. The zero-order valence-corrected chi connectivity index (χ0v) is 44.2. The first-order valence-corrected chi connectivity index (χ1v) is 26.7.